The number of rotatable bonds is 5. The Morgan fingerprint density at radius 1 is 1.50 bits per heavy atom. The maximum Gasteiger partial charge on any atom is 0.124 e. The van der Waals surface area contributed by atoms with Gasteiger partial charge in [-0.1, -0.05) is 28.9 Å². The summed E-state index contributed by atoms with van der Waals surface area (Å²) >= 11 is 3.45. The van der Waals surface area contributed by atoms with Gasteiger partial charge in [0.25, 0.3) is 0 Å². The highest BCUT2D eigenvalue weighted by Gasteiger charge is 2.22. The molecular formula is C14H20BrFN2. The second-order valence-corrected chi connectivity index (χ2v) is 5.71. The van der Waals surface area contributed by atoms with Crippen LogP contribution in [0.5, 0.6) is 0 Å². The maximum atomic E-state index is 13.1. The highest BCUT2D eigenvalue weighted by atomic mass is 79.9. The molecule has 1 aliphatic rings. The Kier molecular flexibility index (Phi) is 5.15. The fourth-order valence-electron chi connectivity index (χ4n) is 2.50. The van der Waals surface area contributed by atoms with E-state index in [9.17, 15) is 4.39 Å². The van der Waals surface area contributed by atoms with Gasteiger partial charge in [0.05, 0.1) is 0 Å². The molecule has 4 heteroatoms. The van der Waals surface area contributed by atoms with Crippen LogP contribution in [0.4, 0.5) is 4.39 Å². The monoisotopic (exact) mass is 314 g/mol. The van der Waals surface area contributed by atoms with Crippen LogP contribution in [-0.4, -0.2) is 30.6 Å². The standard InChI is InChI=1S/C14H20BrFN2/c1-2-7-18(13-5-6-17-9-13)10-11-3-4-12(16)8-14(11)15/h3-4,8,13,17H,2,5-7,9-10H2,1H3. The lowest BCUT2D eigenvalue weighted by molar-refractivity contribution is 0.199. The summed E-state index contributed by atoms with van der Waals surface area (Å²) in [5.41, 5.74) is 1.16. The molecule has 100 valence electrons. The second-order valence-electron chi connectivity index (χ2n) is 4.85. The van der Waals surface area contributed by atoms with Gasteiger partial charge in [-0.3, -0.25) is 4.90 Å². The van der Waals surface area contributed by atoms with Gasteiger partial charge >= 0.3 is 0 Å². The quantitative estimate of drug-likeness (QED) is 0.898. The molecule has 1 unspecified atom stereocenters. The molecule has 1 atom stereocenters. The Hall–Kier alpha value is -0.450. The Morgan fingerprint density at radius 2 is 2.33 bits per heavy atom. The lowest BCUT2D eigenvalue weighted by Gasteiger charge is -2.28. The third kappa shape index (κ3) is 3.53. The first-order chi connectivity index (χ1) is 8.70. The molecule has 0 aliphatic carbocycles. The molecule has 1 saturated heterocycles. The molecule has 0 spiro atoms. The molecule has 2 nitrogen and oxygen atoms in total. The van der Waals surface area contributed by atoms with E-state index in [0.29, 0.717) is 6.04 Å². The van der Waals surface area contributed by atoms with Gasteiger partial charge < -0.3 is 5.32 Å². The fraction of sp³-hybridized carbons (Fsp3) is 0.571. The first kappa shape index (κ1) is 14.0. The van der Waals surface area contributed by atoms with Crippen molar-refractivity contribution in [2.24, 2.45) is 0 Å². The Balaban J connectivity index is 2.07. The summed E-state index contributed by atoms with van der Waals surface area (Å²) in [4.78, 5) is 2.50. The predicted octanol–water partition coefficient (Wildman–Crippen LogP) is 3.16. The molecule has 18 heavy (non-hydrogen) atoms. The van der Waals surface area contributed by atoms with Gasteiger partial charge in [0.2, 0.25) is 0 Å². The van der Waals surface area contributed by atoms with Crippen LogP contribution in [0.25, 0.3) is 0 Å². The molecule has 1 fully saturated rings. The van der Waals surface area contributed by atoms with Gasteiger partial charge in [0.1, 0.15) is 5.82 Å². The first-order valence-corrected chi connectivity index (χ1v) is 7.38. The van der Waals surface area contributed by atoms with Crippen molar-refractivity contribution in [3.8, 4) is 0 Å². The average Bonchev–Trinajstić information content (AvgIpc) is 2.85. The molecular weight excluding hydrogens is 295 g/mol. The van der Waals surface area contributed by atoms with Crippen LogP contribution in [0.2, 0.25) is 0 Å². The van der Waals surface area contributed by atoms with E-state index >= 15 is 0 Å². The van der Waals surface area contributed by atoms with E-state index in [1.807, 2.05) is 6.07 Å². The van der Waals surface area contributed by atoms with Gasteiger partial charge in [0, 0.05) is 23.6 Å². The summed E-state index contributed by atoms with van der Waals surface area (Å²) < 4.78 is 14.0. The predicted molar refractivity (Wildman–Crippen MR) is 76.1 cm³/mol. The van der Waals surface area contributed by atoms with Crippen LogP contribution in [0.1, 0.15) is 25.3 Å². The number of benzene rings is 1. The molecule has 0 amide bonds. The van der Waals surface area contributed by atoms with Crippen LogP contribution in [0.3, 0.4) is 0 Å². The largest absolute Gasteiger partial charge is 0.315 e. The van der Waals surface area contributed by atoms with Gasteiger partial charge in [-0.15, -0.1) is 0 Å². The van der Waals surface area contributed by atoms with Crippen molar-refractivity contribution < 1.29 is 4.39 Å². The van der Waals surface area contributed by atoms with Gasteiger partial charge in [-0.25, -0.2) is 4.39 Å². The number of hydrogen-bond donors (Lipinski definition) is 1. The molecule has 0 saturated carbocycles. The minimum atomic E-state index is -0.185. The highest BCUT2D eigenvalue weighted by Crippen LogP contribution is 2.22. The third-order valence-corrected chi connectivity index (χ3v) is 4.19. The van der Waals surface area contributed by atoms with Crippen LogP contribution in [0, 0.1) is 5.82 Å². The number of nitrogens with zero attached hydrogens (tertiary/aromatic N) is 1. The number of nitrogens with one attached hydrogen (secondary N) is 1. The average molecular weight is 315 g/mol. The minimum Gasteiger partial charge on any atom is -0.315 e. The number of halogens is 2. The normalized spacial score (nSPS) is 19.7. The van der Waals surface area contributed by atoms with E-state index in [1.54, 1.807) is 6.07 Å². The summed E-state index contributed by atoms with van der Waals surface area (Å²) in [6, 6.07) is 5.58. The van der Waals surface area contributed by atoms with Crippen LogP contribution in [0.15, 0.2) is 22.7 Å². The van der Waals surface area contributed by atoms with E-state index in [1.165, 1.54) is 12.5 Å². The first-order valence-electron chi connectivity index (χ1n) is 6.59. The minimum absolute atomic E-state index is 0.185. The fourth-order valence-corrected chi connectivity index (χ4v) is 2.97. The summed E-state index contributed by atoms with van der Waals surface area (Å²) in [5.74, 6) is -0.185. The summed E-state index contributed by atoms with van der Waals surface area (Å²) in [6.45, 7) is 6.36. The molecule has 0 aromatic heterocycles. The van der Waals surface area contributed by atoms with Gasteiger partial charge in [-0.05, 0) is 43.6 Å². The van der Waals surface area contributed by atoms with Crippen molar-refractivity contribution in [1.82, 2.24) is 10.2 Å². The van der Waals surface area contributed by atoms with E-state index in [0.717, 1.165) is 42.6 Å². The van der Waals surface area contributed by atoms with Crippen LogP contribution < -0.4 is 5.32 Å². The molecule has 1 aliphatic heterocycles. The van der Waals surface area contributed by atoms with Crippen molar-refractivity contribution in [3.63, 3.8) is 0 Å². The smallest absolute Gasteiger partial charge is 0.124 e. The molecule has 1 heterocycles. The van der Waals surface area contributed by atoms with E-state index < -0.39 is 0 Å². The third-order valence-electron chi connectivity index (χ3n) is 3.45. The zero-order valence-corrected chi connectivity index (χ0v) is 12.3. The summed E-state index contributed by atoms with van der Waals surface area (Å²) in [6.07, 6.45) is 2.36. The summed E-state index contributed by atoms with van der Waals surface area (Å²) in [5, 5.41) is 3.41. The maximum absolute atomic E-state index is 13.1. The molecule has 1 aromatic rings. The van der Waals surface area contributed by atoms with Gasteiger partial charge in [0.15, 0.2) is 0 Å². The van der Waals surface area contributed by atoms with Gasteiger partial charge in [-0.2, -0.15) is 0 Å². The van der Waals surface area contributed by atoms with Crippen molar-refractivity contribution in [3.05, 3.63) is 34.1 Å². The zero-order valence-electron chi connectivity index (χ0n) is 10.8. The molecule has 0 radical (unpaired) electrons. The Morgan fingerprint density at radius 3 is 2.94 bits per heavy atom. The zero-order chi connectivity index (χ0) is 13.0. The highest BCUT2D eigenvalue weighted by molar-refractivity contribution is 9.10. The number of hydrogen-bond acceptors (Lipinski definition) is 2. The second kappa shape index (κ2) is 6.64. The van der Waals surface area contributed by atoms with Crippen molar-refractivity contribution >= 4 is 15.9 Å². The van der Waals surface area contributed by atoms with E-state index in [4.69, 9.17) is 0 Å². The lowest BCUT2D eigenvalue weighted by atomic mass is 10.1. The van der Waals surface area contributed by atoms with E-state index in [2.05, 4.69) is 33.1 Å². The topological polar surface area (TPSA) is 15.3 Å². The SMILES string of the molecule is CCCN(Cc1ccc(F)cc1Br)C1CCNC1. The summed E-state index contributed by atoms with van der Waals surface area (Å²) in [7, 11) is 0. The Labute approximate surface area is 117 Å². The molecule has 1 aromatic carbocycles. The molecule has 1 N–H and O–H groups in total. The van der Waals surface area contributed by atoms with E-state index in [-0.39, 0.29) is 5.82 Å². The van der Waals surface area contributed by atoms with Crippen LogP contribution >= 0.6 is 15.9 Å². The van der Waals surface area contributed by atoms with Crippen molar-refractivity contribution in [1.29, 1.82) is 0 Å². The van der Waals surface area contributed by atoms with Crippen molar-refractivity contribution in [2.45, 2.75) is 32.4 Å². The lowest BCUT2D eigenvalue weighted by Crippen LogP contribution is -2.37. The van der Waals surface area contributed by atoms with Crippen molar-refractivity contribution in [2.75, 3.05) is 19.6 Å². The Bertz CT molecular complexity index is 391. The van der Waals surface area contributed by atoms with Crippen LogP contribution in [-0.2, 0) is 6.54 Å². The molecule has 2 rings (SSSR count). The molecule has 0 bridgehead atoms.